The van der Waals surface area contributed by atoms with Gasteiger partial charge in [0, 0.05) is 19.7 Å². The zero-order chi connectivity index (χ0) is 15.5. The normalized spacial score (nSPS) is 11.4. The highest BCUT2D eigenvalue weighted by Crippen LogP contribution is 2.28. The molecule has 0 aliphatic rings. The van der Waals surface area contributed by atoms with Crippen molar-refractivity contribution in [1.82, 2.24) is 9.97 Å². The van der Waals surface area contributed by atoms with Crippen molar-refractivity contribution in [2.45, 2.75) is 12.6 Å². The number of halogens is 3. The van der Waals surface area contributed by atoms with E-state index < -0.39 is 12.0 Å². The van der Waals surface area contributed by atoms with Gasteiger partial charge in [-0.05, 0) is 12.0 Å². The van der Waals surface area contributed by atoms with Crippen molar-refractivity contribution in [3.63, 3.8) is 0 Å². The number of likely N-dealkylation sites (N-methyl/N-ethyl adjacent to an activating group) is 1. The van der Waals surface area contributed by atoms with Gasteiger partial charge < -0.3 is 10.6 Å². The molecule has 1 aromatic carbocycles. The molecular formula is C14H15F3N4. The van der Waals surface area contributed by atoms with Crippen LogP contribution < -0.4 is 10.6 Å². The van der Waals surface area contributed by atoms with E-state index in [4.69, 9.17) is 5.73 Å². The number of hydrogen-bond donors (Lipinski definition) is 1. The largest absolute Gasteiger partial charge is 0.451 e. The molecule has 0 aliphatic heterocycles. The Morgan fingerprint density at radius 1 is 1.14 bits per heavy atom. The third-order valence-corrected chi connectivity index (χ3v) is 2.96. The van der Waals surface area contributed by atoms with E-state index in [1.54, 1.807) is 11.9 Å². The first-order chi connectivity index (χ1) is 9.86. The molecular weight excluding hydrogens is 281 g/mol. The van der Waals surface area contributed by atoms with E-state index >= 15 is 0 Å². The summed E-state index contributed by atoms with van der Waals surface area (Å²) in [6.45, 7) is 0.526. The van der Waals surface area contributed by atoms with Gasteiger partial charge in [-0.25, -0.2) is 9.97 Å². The van der Waals surface area contributed by atoms with Gasteiger partial charge >= 0.3 is 6.18 Å². The Bertz CT molecular complexity index is 599. The Kier molecular flexibility index (Phi) is 4.30. The molecule has 0 amide bonds. The lowest BCUT2D eigenvalue weighted by atomic mass is 10.1. The maximum absolute atomic E-state index is 12.7. The van der Waals surface area contributed by atoms with Crippen molar-refractivity contribution in [3.05, 3.63) is 47.8 Å². The average molecular weight is 296 g/mol. The lowest BCUT2D eigenvalue weighted by Gasteiger charge is -2.19. The quantitative estimate of drug-likeness (QED) is 0.942. The molecule has 0 saturated carbocycles. The SMILES string of the molecule is CN(CCc1ccccc1)c1cc(N)nc(C(F)(F)F)n1. The van der Waals surface area contributed by atoms with Crippen LogP contribution in [0.25, 0.3) is 0 Å². The van der Waals surface area contributed by atoms with Crippen molar-refractivity contribution in [1.29, 1.82) is 0 Å². The van der Waals surface area contributed by atoms with Crippen LogP contribution in [0.1, 0.15) is 11.4 Å². The summed E-state index contributed by atoms with van der Waals surface area (Å²) in [4.78, 5) is 8.37. The second kappa shape index (κ2) is 5.99. The lowest BCUT2D eigenvalue weighted by Crippen LogP contribution is -2.24. The number of rotatable bonds is 4. The molecule has 2 N–H and O–H groups in total. The lowest BCUT2D eigenvalue weighted by molar-refractivity contribution is -0.144. The van der Waals surface area contributed by atoms with E-state index in [2.05, 4.69) is 9.97 Å². The van der Waals surface area contributed by atoms with Crippen LogP contribution in [0, 0.1) is 0 Å². The number of benzene rings is 1. The first kappa shape index (κ1) is 15.1. The summed E-state index contributed by atoms with van der Waals surface area (Å²) in [5, 5.41) is 0. The van der Waals surface area contributed by atoms with Gasteiger partial charge in [0.15, 0.2) is 0 Å². The third-order valence-electron chi connectivity index (χ3n) is 2.96. The molecule has 0 radical (unpaired) electrons. The maximum atomic E-state index is 12.7. The number of aromatic nitrogens is 2. The Labute approximate surface area is 120 Å². The molecule has 2 aromatic rings. The fourth-order valence-electron chi connectivity index (χ4n) is 1.83. The highest BCUT2D eigenvalue weighted by Gasteiger charge is 2.35. The molecule has 1 aromatic heterocycles. The number of alkyl halides is 3. The first-order valence-electron chi connectivity index (χ1n) is 6.33. The van der Waals surface area contributed by atoms with E-state index in [0.717, 1.165) is 5.56 Å². The third kappa shape index (κ3) is 4.08. The van der Waals surface area contributed by atoms with Crippen molar-refractivity contribution < 1.29 is 13.2 Å². The highest BCUT2D eigenvalue weighted by molar-refractivity contribution is 5.46. The van der Waals surface area contributed by atoms with Crippen molar-refractivity contribution in [2.75, 3.05) is 24.2 Å². The van der Waals surface area contributed by atoms with Crippen molar-refractivity contribution in [3.8, 4) is 0 Å². The molecule has 1 heterocycles. The van der Waals surface area contributed by atoms with E-state index in [9.17, 15) is 13.2 Å². The Hall–Kier alpha value is -2.31. The summed E-state index contributed by atoms with van der Waals surface area (Å²) in [5.41, 5.74) is 6.52. The summed E-state index contributed by atoms with van der Waals surface area (Å²) in [5.74, 6) is -1.26. The summed E-state index contributed by atoms with van der Waals surface area (Å²) in [6, 6.07) is 11.0. The fraction of sp³-hybridized carbons (Fsp3) is 0.286. The minimum absolute atomic E-state index is 0.158. The molecule has 21 heavy (non-hydrogen) atoms. The molecule has 0 bridgehead atoms. The van der Waals surface area contributed by atoms with Gasteiger partial charge in [0.2, 0.25) is 5.82 Å². The summed E-state index contributed by atoms with van der Waals surface area (Å²) >= 11 is 0. The number of nitrogens with zero attached hydrogens (tertiary/aromatic N) is 3. The van der Waals surface area contributed by atoms with E-state index in [1.807, 2.05) is 30.3 Å². The number of nitrogens with two attached hydrogens (primary N) is 1. The van der Waals surface area contributed by atoms with Gasteiger partial charge in [0.1, 0.15) is 11.6 Å². The van der Waals surface area contributed by atoms with Crippen LogP contribution in [0.5, 0.6) is 0 Å². The van der Waals surface area contributed by atoms with E-state index in [0.29, 0.717) is 13.0 Å². The second-order valence-corrected chi connectivity index (χ2v) is 4.63. The molecule has 0 unspecified atom stereocenters. The van der Waals surface area contributed by atoms with Gasteiger partial charge in [0.05, 0.1) is 0 Å². The van der Waals surface area contributed by atoms with Crippen molar-refractivity contribution in [2.24, 2.45) is 0 Å². The zero-order valence-corrected chi connectivity index (χ0v) is 11.4. The van der Waals surface area contributed by atoms with Crippen molar-refractivity contribution >= 4 is 11.6 Å². The van der Waals surface area contributed by atoms with Crippen LogP contribution in [0.3, 0.4) is 0 Å². The number of anilines is 2. The Morgan fingerprint density at radius 3 is 2.43 bits per heavy atom. The predicted octanol–water partition coefficient (Wildman–Crippen LogP) is 2.76. The maximum Gasteiger partial charge on any atom is 0.451 e. The van der Waals surface area contributed by atoms with Crippen LogP contribution >= 0.6 is 0 Å². The van der Waals surface area contributed by atoms with E-state index in [-0.39, 0.29) is 11.6 Å². The van der Waals surface area contributed by atoms with Crippen LogP contribution in [0.15, 0.2) is 36.4 Å². The molecule has 0 aliphatic carbocycles. The summed E-state index contributed by atoms with van der Waals surface area (Å²) in [7, 11) is 1.67. The molecule has 2 rings (SSSR count). The molecule has 0 fully saturated rings. The van der Waals surface area contributed by atoms with Crippen LogP contribution in [0.4, 0.5) is 24.8 Å². The summed E-state index contributed by atoms with van der Waals surface area (Å²) < 4.78 is 38.0. The molecule has 0 atom stereocenters. The van der Waals surface area contributed by atoms with Gasteiger partial charge in [-0.15, -0.1) is 0 Å². The second-order valence-electron chi connectivity index (χ2n) is 4.63. The molecule has 0 saturated heterocycles. The Balaban J connectivity index is 2.12. The van der Waals surface area contributed by atoms with Gasteiger partial charge in [-0.1, -0.05) is 30.3 Å². The van der Waals surface area contributed by atoms with Crippen LogP contribution in [-0.4, -0.2) is 23.6 Å². The fourth-order valence-corrected chi connectivity index (χ4v) is 1.83. The van der Waals surface area contributed by atoms with E-state index in [1.165, 1.54) is 6.07 Å². The standard InChI is InChI=1S/C14H15F3N4/c1-21(8-7-10-5-3-2-4-6-10)12-9-11(18)19-13(20-12)14(15,16)17/h2-6,9H,7-8H2,1H3,(H2,18,19,20). The predicted molar refractivity (Wildman–Crippen MR) is 74.9 cm³/mol. The summed E-state index contributed by atoms with van der Waals surface area (Å²) in [6.07, 6.45) is -3.91. The van der Waals surface area contributed by atoms with Crippen LogP contribution in [-0.2, 0) is 12.6 Å². The number of nitrogen functional groups attached to an aromatic ring is 1. The zero-order valence-electron chi connectivity index (χ0n) is 11.4. The highest BCUT2D eigenvalue weighted by atomic mass is 19.4. The smallest absolute Gasteiger partial charge is 0.384 e. The minimum Gasteiger partial charge on any atom is -0.384 e. The van der Waals surface area contributed by atoms with Gasteiger partial charge in [-0.2, -0.15) is 13.2 Å². The topological polar surface area (TPSA) is 55.0 Å². The Morgan fingerprint density at radius 2 is 1.81 bits per heavy atom. The van der Waals surface area contributed by atoms with Gasteiger partial charge in [0.25, 0.3) is 0 Å². The number of hydrogen-bond acceptors (Lipinski definition) is 4. The molecule has 0 spiro atoms. The van der Waals surface area contributed by atoms with Gasteiger partial charge in [-0.3, -0.25) is 0 Å². The average Bonchev–Trinajstić information content (AvgIpc) is 2.44. The monoisotopic (exact) mass is 296 g/mol. The minimum atomic E-state index is -4.61. The molecule has 112 valence electrons. The van der Waals surface area contributed by atoms with Crippen LogP contribution in [0.2, 0.25) is 0 Å². The first-order valence-corrected chi connectivity index (χ1v) is 6.33. The molecule has 7 heteroatoms. The molecule has 4 nitrogen and oxygen atoms in total.